The molecule has 0 N–H and O–H groups in total. The zero-order valence-corrected chi connectivity index (χ0v) is 15.0. The summed E-state index contributed by atoms with van der Waals surface area (Å²) in [4.78, 5) is 18.4. The minimum atomic E-state index is -0.267. The van der Waals surface area contributed by atoms with Crippen LogP contribution in [0, 0.1) is 5.82 Å². The van der Waals surface area contributed by atoms with Crippen molar-refractivity contribution in [1.29, 1.82) is 0 Å². The van der Waals surface area contributed by atoms with Gasteiger partial charge in [0.25, 0.3) is 0 Å². The van der Waals surface area contributed by atoms with Gasteiger partial charge in [-0.05, 0) is 11.8 Å². The zero-order valence-electron chi connectivity index (χ0n) is 14.2. The first-order valence-corrected chi connectivity index (χ1v) is 9.21. The van der Waals surface area contributed by atoms with Crippen LogP contribution in [-0.4, -0.2) is 32.3 Å². The number of rotatable bonds is 4. The third-order valence-electron chi connectivity index (χ3n) is 5.11. The monoisotopic (exact) mass is 371 g/mol. The van der Waals surface area contributed by atoms with Crippen LogP contribution in [0.2, 0.25) is 0 Å². The summed E-state index contributed by atoms with van der Waals surface area (Å²) in [5.41, 5.74) is 1.61. The van der Waals surface area contributed by atoms with E-state index in [0.717, 1.165) is 24.0 Å². The molecule has 1 amide bonds. The lowest BCUT2D eigenvalue weighted by Gasteiger charge is -2.35. The second-order valence-electron chi connectivity index (χ2n) is 6.64. The van der Waals surface area contributed by atoms with Crippen molar-refractivity contribution in [2.24, 2.45) is 0 Å². The highest BCUT2D eigenvalue weighted by atomic mass is 35.5. The van der Waals surface area contributed by atoms with E-state index in [4.69, 9.17) is 11.6 Å². The van der Waals surface area contributed by atoms with Crippen LogP contribution in [0.4, 0.5) is 4.39 Å². The summed E-state index contributed by atoms with van der Waals surface area (Å²) in [7, 11) is 0. The van der Waals surface area contributed by atoms with Gasteiger partial charge in [-0.25, -0.2) is 9.37 Å². The predicted octanol–water partition coefficient (Wildman–Crippen LogP) is 3.76. The molecule has 0 saturated carbocycles. The molecule has 134 valence electrons. The largest absolute Gasteiger partial charge is 0.334 e. The first-order chi connectivity index (χ1) is 12.7. The van der Waals surface area contributed by atoms with Crippen LogP contribution in [0.5, 0.6) is 0 Å². The molecule has 4 rings (SSSR count). The molecule has 4 nitrogen and oxygen atoms in total. The number of hydrogen-bond donors (Lipinski definition) is 0. The molecule has 2 aromatic carbocycles. The van der Waals surface area contributed by atoms with Crippen molar-refractivity contribution >= 4 is 28.3 Å². The number of benzene rings is 2. The van der Waals surface area contributed by atoms with E-state index in [0.29, 0.717) is 17.4 Å². The van der Waals surface area contributed by atoms with E-state index >= 15 is 0 Å². The Bertz CT molecular complexity index is 955. The summed E-state index contributed by atoms with van der Waals surface area (Å²) in [6.07, 6.45) is 5.15. The van der Waals surface area contributed by atoms with E-state index in [1.54, 1.807) is 17.0 Å². The number of halogens is 2. The summed E-state index contributed by atoms with van der Waals surface area (Å²) in [6.45, 7) is 1.02. The van der Waals surface area contributed by atoms with Crippen molar-refractivity contribution in [3.8, 4) is 0 Å². The molecule has 0 radical (unpaired) electrons. The van der Waals surface area contributed by atoms with E-state index < -0.39 is 0 Å². The summed E-state index contributed by atoms with van der Waals surface area (Å²) in [6, 6.07) is 11.0. The number of nitrogens with zero attached hydrogens (tertiary/aromatic N) is 3. The first kappa shape index (κ1) is 17.0. The van der Waals surface area contributed by atoms with Crippen LogP contribution in [0.1, 0.15) is 17.7 Å². The number of hydrogen-bond acceptors (Lipinski definition) is 2. The normalized spacial score (nSPS) is 16.5. The van der Waals surface area contributed by atoms with E-state index in [2.05, 4.69) is 9.55 Å². The Morgan fingerprint density at radius 1 is 1.31 bits per heavy atom. The fourth-order valence-corrected chi connectivity index (χ4v) is 3.85. The quantitative estimate of drug-likeness (QED) is 0.655. The number of carbonyl (C=O) groups is 1. The van der Waals surface area contributed by atoms with Crippen LogP contribution < -0.4 is 0 Å². The molecule has 0 aliphatic carbocycles. The van der Waals surface area contributed by atoms with Crippen LogP contribution in [0.3, 0.4) is 0 Å². The highest BCUT2D eigenvalue weighted by Crippen LogP contribution is 2.25. The smallest absolute Gasteiger partial charge is 0.238 e. The Morgan fingerprint density at radius 3 is 3.00 bits per heavy atom. The minimum Gasteiger partial charge on any atom is -0.334 e. The van der Waals surface area contributed by atoms with Gasteiger partial charge < -0.3 is 9.47 Å². The molecule has 3 aromatic rings. The predicted molar refractivity (Wildman–Crippen MR) is 99.5 cm³/mol. The number of aromatic nitrogens is 2. The summed E-state index contributed by atoms with van der Waals surface area (Å²) in [5, 5.41) is 1.43. The SMILES string of the molecule is O=C(CCl)N(Cc1ccc2ccccc2c1F)C1CCn2cncc2C1. The molecule has 6 heteroatoms. The van der Waals surface area contributed by atoms with Crippen molar-refractivity contribution in [2.75, 3.05) is 5.88 Å². The van der Waals surface area contributed by atoms with Crippen LogP contribution in [0.25, 0.3) is 10.8 Å². The lowest BCUT2D eigenvalue weighted by Crippen LogP contribution is -2.44. The Morgan fingerprint density at radius 2 is 2.15 bits per heavy atom. The van der Waals surface area contributed by atoms with Gasteiger partial charge in [-0.15, -0.1) is 11.6 Å². The molecule has 2 heterocycles. The van der Waals surface area contributed by atoms with Crippen LogP contribution >= 0.6 is 11.6 Å². The van der Waals surface area contributed by atoms with Gasteiger partial charge in [0.2, 0.25) is 5.91 Å². The Balaban J connectivity index is 1.64. The average molecular weight is 372 g/mol. The van der Waals surface area contributed by atoms with Gasteiger partial charge in [0.15, 0.2) is 0 Å². The molecule has 0 bridgehead atoms. The van der Waals surface area contributed by atoms with E-state index in [1.807, 2.05) is 36.8 Å². The number of carbonyl (C=O) groups excluding carboxylic acids is 1. The minimum absolute atomic E-state index is 0.00341. The Labute approximate surface area is 156 Å². The second kappa shape index (κ2) is 7.08. The molecule has 1 unspecified atom stereocenters. The average Bonchev–Trinajstić information content (AvgIpc) is 3.15. The van der Waals surface area contributed by atoms with Gasteiger partial charge in [-0.2, -0.15) is 0 Å². The summed E-state index contributed by atoms with van der Waals surface area (Å²) >= 11 is 5.84. The van der Waals surface area contributed by atoms with Crippen molar-refractivity contribution in [3.05, 3.63) is 66.0 Å². The lowest BCUT2D eigenvalue weighted by molar-refractivity contribution is -0.132. The van der Waals surface area contributed by atoms with Crippen molar-refractivity contribution in [2.45, 2.75) is 32.0 Å². The Kier molecular flexibility index (Phi) is 4.64. The summed E-state index contributed by atoms with van der Waals surface area (Å²) < 4.78 is 17.1. The van der Waals surface area contributed by atoms with E-state index in [-0.39, 0.29) is 30.2 Å². The van der Waals surface area contributed by atoms with Gasteiger partial charge in [0.1, 0.15) is 11.7 Å². The van der Waals surface area contributed by atoms with Crippen molar-refractivity contribution in [1.82, 2.24) is 14.5 Å². The van der Waals surface area contributed by atoms with Gasteiger partial charge in [0, 0.05) is 48.4 Å². The number of imidazole rings is 1. The Hall–Kier alpha value is -2.40. The molecular formula is C20H19ClFN3O. The fraction of sp³-hybridized carbons (Fsp3) is 0.300. The van der Waals surface area contributed by atoms with Crippen molar-refractivity contribution < 1.29 is 9.18 Å². The molecule has 0 saturated heterocycles. The number of aryl methyl sites for hydroxylation is 1. The van der Waals surface area contributed by atoms with Crippen LogP contribution in [-0.2, 0) is 24.3 Å². The number of alkyl halides is 1. The molecule has 0 fully saturated rings. The van der Waals surface area contributed by atoms with Gasteiger partial charge >= 0.3 is 0 Å². The van der Waals surface area contributed by atoms with Crippen LogP contribution in [0.15, 0.2) is 48.9 Å². The highest BCUT2D eigenvalue weighted by Gasteiger charge is 2.28. The van der Waals surface area contributed by atoms with E-state index in [1.165, 1.54) is 0 Å². The van der Waals surface area contributed by atoms with Crippen molar-refractivity contribution in [3.63, 3.8) is 0 Å². The van der Waals surface area contributed by atoms with E-state index in [9.17, 15) is 9.18 Å². The third kappa shape index (κ3) is 3.07. The standard InChI is InChI=1S/C20H19ClFN3O/c21-10-19(26)25(16-7-8-24-13-23-11-17(24)9-16)12-15-6-5-14-3-1-2-4-18(14)20(15)22/h1-6,11,13,16H,7-10,12H2. The fourth-order valence-electron chi connectivity index (χ4n) is 3.70. The molecule has 26 heavy (non-hydrogen) atoms. The summed E-state index contributed by atoms with van der Waals surface area (Å²) in [5.74, 6) is -0.543. The van der Waals surface area contributed by atoms with Gasteiger partial charge in [-0.1, -0.05) is 36.4 Å². The topological polar surface area (TPSA) is 38.1 Å². The van der Waals surface area contributed by atoms with Gasteiger partial charge in [-0.3, -0.25) is 4.79 Å². The molecule has 0 spiro atoms. The highest BCUT2D eigenvalue weighted by molar-refractivity contribution is 6.27. The zero-order chi connectivity index (χ0) is 18.1. The maximum Gasteiger partial charge on any atom is 0.238 e. The van der Waals surface area contributed by atoms with Gasteiger partial charge in [0.05, 0.1) is 6.33 Å². The molecule has 1 aromatic heterocycles. The number of fused-ring (bicyclic) bond motifs is 2. The number of amides is 1. The second-order valence-corrected chi connectivity index (χ2v) is 6.91. The molecule has 1 aliphatic rings. The lowest BCUT2D eigenvalue weighted by atomic mass is 10.0. The third-order valence-corrected chi connectivity index (χ3v) is 5.33. The molecular weight excluding hydrogens is 353 g/mol. The maximum absolute atomic E-state index is 15.0. The first-order valence-electron chi connectivity index (χ1n) is 8.68. The maximum atomic E-state index is 15.0. The molecule has 1 aliphatic heterocycles. The molecule has 1 atom stereocenters.